The van der Waals surface area contributed by atoms with E-state index in [-0.39, 0.29) is 11.8 Å². The molecular weight excluding hydrogens is 315 g/mol. The molecule has 1 fully saturated rings. The van der Waals surface area contributed by atoms with Crippen LogP contribution < -0.4 is 10.6 Å². The number of carbonyl (C=O) groups excluding carboxylic acids is 1. The first-order valence-electron chi connectivity index (χ1n) is 4.93. The highest BCUT2D eigenvalue weighted by Crippen LogP contribution is 2.30. The molecule has 1 aromatic carbocycles. The van der Waals surface area contributed by atoms with Crippen molar-refractivity contribution >= 4 is 39.9 Å². The van der Waals surface area contributed by atoms with Crippen LogP contribution in [0.15, 0.2) is 18.2 Å². The van der Waals surface area contributed by atoms with Gasteiger partial charge in [0.1, 0.15) is 0 Å². The topological polar surface area (TPSA) is 46.3 Å². The van der Waals surface area contributed by atoms with E-state index in [1.807, 2.05) is 18.2 Å². The first-order chi connectivity index (χ1) is 7.61. The molecule has 1 aliphatic rings. The Labute approximate surface area is 108 Å². The summed E-state index contributed by atoms with van der Waals surface area (Å²) in [7, 11) is 0. The lowest BCUT2D eigenvalue weighted by Crippen LogP contribution is -2.25. The van der Waals surface area contributed by atoms with Gasteiger partial charge in [-0.1, -0.05) is 0 Å². The van der Waals surface area contributed by atoms with Gasteiger partial charge in [-0.15, -0.1) is 12.3 Å². The van der Waals surface area contributed by atoms with Crippen molar-refractivity contribution in [3.63, 3.8) is 0 Å². The molecule has 0 aliphatic carbocycles. The van der Waals surface area contributed by atoms with Crippen LogP contribution >= 0.6 is 22.6 Å². The lowest BCUT2D eigenvalue weighted by molar-refractivity contribution is -0.117. The van der Waals surface area contributed by atoms with Crippen LogP contribution in [0.25, 0.3) is 0 Å². The molecule has 1 aromatic rings. The van der Waals surface area contributed by atoms with Gasteiger partial charge >= 0.3 is 0 Å². The molecule has 1 heterocycles. The van der Waals surface area contributed by atoms with Crippen molar-refractivity contribution in [2.45, 2.75) is 6.42 Å². The zero-order valence-electron chi connectivity index (χ0n) is 8.61. The Kier molecular flexibility index (Phi) is 3.06. The van der Waals surface area contributed by atoms with E-state index in [9.17, 15) is 4.79 Å². The van der Waals surface area contributed by atoms with Crippen molar-refractivity contribution in [2.24, 2.45) is 5.92 Å². The predicted octanol–water partition coefficient (Wildman–Crippen LogP) is 1.86. The van der Waals surface area contributed by atoms with Crippen LogP contribution in [0.4, 0.5) is 11.4 Å². The van der Waals surface area contributed by atoms with E-state index in [4.69, 9.17) is 12.2 Å². The van der Waals surface area contributed by atoms with Crippen molar-refractivity contribution in [2.75, 3.05) is 17.2 Å². The average Bonchev–Trinajstić information content (AvgIpc) is 2.63. The highest BCUT2D eigenvalue weighted by molar-refractivity contribution is 14.1. The summed E-state index contributed by atoms with van der Waals surface area (Å²) in [4.78, 5) is 13.5. The van der Waals surface area contributed by atoms with Gasteiger partial charge in [-0.3, -0.25) is 4.79 Å². The van der Waals surface area contributed by atoms with E-state index in [0.29, 0.717) is 18.7 Å². The first kappa shape index (κ1) is 11.3. The third-order valence-corrected chi connectivity index (χ3v) is 3.32. The molecule has 82 valence electrons. The minimum atomic E-state index is 0.00441. The van der Waals surface area contributed by atoms with Crippen molar-refractivity contribution in [3.8, 4) is 12.3 Å². The molecule has 3 nitrogen and oxygen atoms in total. The maximum absolute atomic E-state index is 11.8. The van der Waals surface area contributed by atoms with Gasteiger partial charge in [-0.25, -0.2) is 0 Å². The molecule has 2 N–H and O–H groups in total. The normalized spacial score (nSPS) is 19.9. The minimum Gasteiger partial charge on any atom is -0.397 e. The summed E-state index contributed by atoms with van der Waals surface area (Å²) in [5.74, 6) is 2.68. The average molecular weight is 326 g/mol. The first-order valence-corrected chi connectivity index (χ1v) is 6.01. The quantitative estimate of drug-likeness (QED) is 0.486. The Morgan fingerprint density at radius 3 is 2.94 bits per heavy atom. The SMILES string of the molecule is C#CC1CC(=O)N(c2cc(I)ccc2N)C1. The minimum absolute atomic E-state index is 0.00441. The molecule has 1 atom stereocenters. The summed E-state index contributed by atoms with van der Waals surface area (Å²) in [5, 5.41) is 0. The summed E-state index contributed by atoms with van der Waals surface area (Å²) >= 11 is 2.20. The van der Waals surface area contributed by atoms with E-state index in [1.165, 1.54) is 0 Å². The van der Waals surface area contributed by atoms with Gasteiger partial charge in [0.2, 0.25) is 5.91 Å². The molecule has 0 bridgehead atoms. The summed E-state index contributed by atoms with van der Waals surface area (Å²) < 4.78 is 1.05. The number of rotatable bonds is 1. The number of nitrogens with zero attached hydrogens (tertiary/aromatic N) is 1. The summed E-state index contributed by atoms with van der Waals surface area (Å²) in [5.41, 5.74) is 7.26. The van der Waals surface area contributed by atoms with Gasteiger partial charge in [0.25, 0.3) is 0 Å². The largest absolute Gasteiger partial charge is 0.397 e. The predicted molar refractivity (Wildman–Crippen MR) is 72.9 cm³/mol. The Balaban J connectivity index is 2.35. The Morgan fingerprint density at radius 2 is 2.31 bits per heavy atom. The van der Waals surface area contributed by atoms with Crippen LogP contribution in [-0.2, 0) is 4.79 Å². The maximum atomic E-state index is 11.8. The zero-order valence-corrected chi connectivity index (χ0v) is 10.8. The number of carbonyl (C=O) groups is 1. The molecule has 0 radical (unpaired) electrons. The fraction of sp³-hybridized carbons (Fsp3) is 0.250. The molecule has 1 amide bonds. The maximum Gasteiger partial charge on any atom is 0.228 e. The van der Waals surface area contributed by atoms with Gasteiger partial charge in [0.15, 0.2) is 0 Å². The van der Waals surface area contributed by atoms with Crippen molar-refractivity contribution in [3.05, 3.63) is 21.8 Å². The standard InChI is InChI=1S/C12H11IN2O/c1-2-8-5-12(16)15(7-8)11-6-9(13)3-4-10(11)14/h1,3-4,6,8H,5,7,14H2. The third kappa shape index (κ3) is 2.00. The molecule has 0 aromatic heterocycles. The zero-order chi connectivity index (χ0) is 11.7. The lowest BCUT2D eigenvalue weighted by atomic mass is 10.1. The smallest absolute Gasteiger partial charge is 0.228 e. The highest BCUT2D eigenvalue weighted by Gasteiger charge is 2.30. The third-order valence-electron chi connectivity index (χ3n) is 2.64. The molecule has 1 saturated heterocycles. The molecular formula is C12H11IN2O. The number of halogens is 1. The summed E-state index contributed by atoms with van der Waals surface area (Å²) in [6, 6.07) is 5.64. The molecule has 1 aliphatic heterocycles. The Morgan fingerprint density at radius 1 is 1.56 bits per heavy atom. The number of nitrogen functional groups attached to an aromatic ring is 1. The van der Waals surface area contributed by atoms with E-state index in [0.717, 1.165) is 9.26 Å². The highest BCUT2D eigenvalue weighted by atomic mass is 127. The number of amides is 1. The second-order valence-corrected chi connectivity index (χ2v) is 5.02. The fourth-order valence-electron chi connectivity index (χ4n) is 1.80. The molecule has 4 heteroatoms. The monoisotopic (exact) mass is 326 g/mol. The second-order valence-electron chi connectivity index (χ2n) is 3.78. The van der Waals surface area contributed by atoms with Crippen LogP contribution in [0.2, 0.25) is 0 Å². The Bertz CT molecular complexity index is 478. The number of hydrogen-bond donors (Lipinski definition) is 1. The van der Waals surface area contributed by atoms with Crippen LogP contribution in [0, 0.1) is 21.8 Å². The Hall–Kier alpha value is -1.22. The van der Waals surface area contributed by atoms with E-state index < -0.39 is 0 Å². The molecule has 0 saturated carbocycles. The second kappa shape index (κ2) is 4.34. The summed E-state index contributed by atoms with van der Waals surface area (Å²) in [6.07, 6.45) is 5.76. The van der Waals surface area contributed by atoms with Gasteiger partial charge in [-0.05, 0) is 40.8 Å². The van der Waals surface area contributed by atoms with Crippen LogP contribution in [-0.4, -0.2) is 12.5 Å². The molecule has 1 unspecified atom stereocenters. The van der Waals surface area contributed by atoms with Crippen LogP contribution in [0.5, 0.6) is 0 Å². The number of terminal acetylenes is 1. The van der Waals surface area contributed by atoms with E-state index in [1.54, 1.807) is 4.90 Å². The van der Waals surface area contributed by atoms with Crippen LogP contribution in [0.1, 0.15) is 6.42 Å². The van der Waals surface area contributed by atoms with Gasteiger partial charge in [-0.2, -0.15) is 0 Å². The number of hydrogen-bond acceptors (Lipinski definition) is 2. The number of benzene rings is 1. The van der Waals surface area contributed by atoms with Gasteiger partial charge < -0.3 is 10.6 Å². The van der Waals surface area contributed by atoms with Crippen LogP contribution in [0.3, 0.4) is 0 Å². The fourth-order valence-corrected chi connectivity index (χ4v) is 2.28. The molecule has 16 heavy (non-hydrogen) atoms. The van der Waals surface area contributed by atoms with Crippen molar-refractivity contribution in [1.82, 2.24) is 0 Å². The van der Waals surface area contributed by atoms with Gasteiger partial charge in [0.05, 0.1) is 11.4 Å². The van der Waals surface area contributed by atoms with E-state index >= 15 is 0 Å². The van der Waals surface area contributed by atoms with Crippen molar-refractivity contribution in [1.29, 1.82) is 0 Å². The summed E-state index contributed by atoms with van der Waals surface area (Å²) in [6.45, 7) is 0.569. The van der Waals surface area contributed by atoms with Gasteiger partial charge in [0, 0.05) is 22.5 Å². The number of nitrogens with two attached hydrogens (primary N) is 1. The molecule has 0 spiro atoms. The molecule has 2 rings (SSSR count). The lowest BCUT2D eigenvalue weighted by Gasteiger charge is -2.18. The number of anilines is 2. The van der Waals surface area contributed by atoms with Crippen molar-refractivity contribution < 1.29 is 4.79 Å². The van der Waals surface area contributed by atoms with E-state index in [2.05, 4.69) is 28.5 Å².